The molecule has 0 aliphatic rings. The quantitative estimate of drug-likeness (QED) is 0.837. The minimum absolute atomic E-state index is 0.722. The molecule has 3 nitrogen and oxygen atoms in total. The fraction of sp³-hybridized carbons (Fsp3) is 0.545. The van der Waals surface area contributed by atoms with Gasteiger partial charge in [-0.15, -0.1) is 0 Å². The van der Waals surface area contributed by atoms with E-state index >= 15 is 0 Å². The number of aromatic nitrogens is 1. The van der Waals surface area contributed by atoms with Crippen LogP contribution in [0.4, 0.5) is 5.82 Å². The van der Waals surface area contributed by atoms with Crippen molar-refractivity contribution in [2.24, 2.45) is 0 Å². The normalized spacial score (nSPS) is 10.4. The first-order valence-electron chi connectivity index (χ1n) is 5.26. The predicted molar refractivity (Wildman–Crippen MR) is 65.6 cm³/mol. The average molecular weight is 228 g/mol. The predicted octanol–water partition coefficient (Wildman–Crippen LogP) is 2.30. The lowest BCUT2D eigenvalue weighted by Crippen LogP contribution is -2.23. The number of hydrogen-bond donors (Lipinski definition) is 1. The molecule has 0 saturated heterocycles. The van der Waals surface area contributed by atoms with Crippen LogP contribution in [0.5, 0.6) is 0 Å². The summed E-state index contributed by atoms with van der Waals surface area (Å²) in [5.41, 5.74) is 1.09. The molecule has 0 bridgehead atoms. The Morgan fingerprint density at radius 1 is 1.40 bits per heavy atom. The van der Waals surface area contributed by atoms with E-state index in [4.69, 9.17) is 11.6 Å². The molecule has 0 fully saturated rings. The summed E-state index contributed by atoms with van der Waals surface area (Å²) in [6.07, 6.45) is 1.72. The second-order valence-electron chi connectivity index (χ2n) is 3.34. The lowest BCUT2D eigenvalue weighted by atomic mass is 10.2. The molecule has 0 radical (unpaired) electrons. The van der Waals surface area contributed by atoms with E-state index in [1.165, 1.54) is 0 Å². The summed E-state index contributed by atoms with van der Waals surface area (Å²) in [7, 11) is 1.91. The van der Waals surface area contributed by atoms with Crippen LogP contribution >= 0.6 is 11.6 Å². The molecule has 0 saturated carbocycles. The fourth-order valence-corrected chi connectivity index (χ4v) is 1.68. The summed E-state index contributed by atoms with van der Waals surface area (Å²) in [5, 5.41) is 3.82. The molecule has 0 unspecified atom stereocenters. The zero-order valence-corrected chi connectivity index (χ0v) is 10.3. The molecule has 1 N–H and O–H groups in total. The maximum absolute atomic E-state index is 6.05. The molecule has 1 aromatic rings. The number of rotatable bonds is 5. The minimum Gasteiger partial charge on any atom is -0.357 e. The maximum atomic E-state index is 6.05. The van der Waals surface area contributed by atoms with E-state index in [0.29, 0.717) is 0 Å². The van der Waals surface area contributed by atoms with Crippen LogP contribution in [0.1, 0.15) is 19.4 Å². The van der Waals surface area contributed by atoms with Crippen LogP contribution in [0.2, 0.25) is 5.02 Å². The maximum Gasteiger partial charge on any atom is 0.128 e. The SMILES string of the molecule is CCN(CC)c1cc(CNC)c(Cl)cn1. The van der Waals surface area contributed by atoms with Crippen molar-refractivity contribution in [2.75, 3.05) is 25.0 Å². The van der Waals surface area contributed by atoms with E-state index in [1.807, 2.05) is 13.1 Å². The van der Waals surface area contributed by atoms with Crippen LogP contribution in [0, 0.1) is 0 Å². The van der Waals surface area contributed by atoms with Crippen LogP contribution in [-0.4, -0.2) is 25.1 Å². The molecule has 0 aliphatic carbocycles. The van der Waals surface area contributed by atoms with Crippen LogP contribution in [0.15, 0.2) is 12.3 Å². The first kappa shape index (κ1) is 12.3. The summed E-state index contributed by atoms with van der Waals surface area (Å²) in [6.45, 7) is 6.94. The fourth-order valence-electron chi connectivity index (χ4n) is 1.51. The zero-order valence-electron chi connectivity index (χ0n) is 9.55. The van der Waals surface area contributed by atoms with Gasteiger partial charge in [-0.2, -0.15) is 0 Å². The lowest BCUT2D eigenvalue weighted by molar-refractivity contribution is 0.806. The Kier molecular flexibility index (Phi) is 4.85. The van der Waals surface area contributed by atoms with Crippen molar-refractivity contribution in [1.29, 1.82) is 0 Å². The van der Waals surface area contributed by atoms with Crippen molar-refractivity contribution in [3.63, 3.8) is 0 Å². The molecule has 0 aliphatic heterocycles. The van der Waals surface area contributed by atoms with E-state index in [9.17, 15) is 0 Å². The molecule has 1 aromatic heterocycles. The number of nitrogens with zero attached hydrogens (tertiary/aromatic N) is 2. The molecule has 1 heterocycles. The Balaban J connectivity index is 2.95. The van der Waals surface area contributed by atoms with Gasteiger partial charge in [0.15, 0.2) is 0 Å². The van der Waals surface area contributed by atoms with Crippen LogP contribution in [-0.2, 0) is 6.54 Å². The summed E-state index contributed by atoms with van der Waals surface area (Å²) in [5.74, 6) is 0.995. The van der Waals surface area contributed by atoms with Crippen molar-refractivity contribution in [1.82, 2.24) is 10.3 Å². The average Bonchev–Trinajstić information content (AvgIpc) is 2.25. The highest BCUT2D eigenvalue weighted by Crippen LogP contribution is 2.20. The van der Waals surface area contributed by atoms with E-state index in [0.717, 1.165) is 36.0 Å². The van der Waals surface area contributed by atoms with Crippen molar-refractivity contribution in [3.8, 4) is 0 Å². The van der Waals surface area contributed by atoms with Gasteiger partial charge in [-0.3, -0.25) is 0 Å². The zero-order chi connectivity index (χ0) is 11.3. The number of halogens is 1. The van der Waals surface area contributed by atoms with Crippen LogP contribution in [0.3, 0.4) is 0 Å². The van der Waals surface area contributed by atoms with Gasteiger partial charge in [0.05, 0.1) is 5.02 Å². The summed E-state index contributed by atoms with van der Waals surface area (Å²) in [4.78, 5) is 6.53. The van der Waals surface area contributed by atoms with E-state index in [-0.39, 0.29) is 0 Å². The van der Waals surface area contributed by atoms with Crippen molar-refractivity contribution in [2.45, 2.75) is 20.4 Å². The minimum atomic E-state index is 0.722. The van der Waals surface area contributed by atoms with Gasteiger partial charge in [0.2, 0.25) is 0 Å². The number of anilines is 1. The van der Waals surface area contributed by atoms with Crippen molar-refractivity contribution in [3.05, 3.63) is 22.8 Å². The van der Waals surface area contributed by atoms with E-state index in [2.05, 4.69) is 29.0 Å². The monoisotopic (exact) mass is 227 g/mol. The highest BCUT2D eigenvalue weighted by molar-refractivity contribution is 6.31. The van der Waals surface area contributed by atoms with Gasteiger partial charge in [0, 0.05) is 25.8 Å². The van der Waals surface area contributed by atoms with Crippen LogP contribution in [0.25, 0.3) is 0 Å². The lowest BCUT2D eigenvalue weighted by Gasteiger charge is -2.20. The third-order valence-corrected chi connectivity index (χ3v) is 2.72. The number of pyridine rings is 1. The third kappa shape index (κ3) is 3.08. The van der Waals surface area contributed by atoms with Gasteiger partial charge in [-0.05, 0) is 32.5 Å². The molecule has 1 rings (SSSR count). The van der Waals surface area contributed by atoms with Gasteiger partial charge in [0.1, 0.15) is 5.82 Å². The second-order valence-corrected chi connectivity index (χ2v) is 3.74. The number of hydrogen-bond acceptors (Lipinski definition) is 3. The topological polar surface area (TPSA) is 28.2 Å². The van der Waals surface area contributed by atoms with Gasteiger partial charge < -0.3 is 10.2 Å². The van der Waals surface area contributed by atoms with Gasteiger partial charge in [-0.25, -0.2) is 4.98 Å². The Morgan fingerprint density at radius 2 is 2.07 bits per heavy atom. The summed E-state index contributed by atoms with van der Waals surface area (Å²) in [6, 6.07) is 2.05. The second kappa shape index (κ2) is 5.93. The van der Waals surface area contributed by atoms with Crippen LogP contribution < -0.4 is 10.2 Å². The van der Waals surface area contributed by atoms with E-state index in [1.54, 1.807) is 6.20 Å². The molecule has 0 aromatic carbocycles. The Morgan fingerprint density at radius 3 is 2.60 bits per heavy atom. The molecule has 0 spiro atoms. The van der Waals surface area contributed by atoms with Crippen molar-refractivity contribution < 1.29 is 0 Å². The Bertz CT molecular complexity index is 311. The first-order valence-corrected chi connectivity index (χ1v) is 5.64. The highest BCUT2D eigenvalue weighted by atomic mass is 35.5. The first-order chi connectivity index (χ1) is 7.22. The summed E-state index contributed by atoms with van der Waals surface area (Å²) < 4.78 is 0. The Labute approximate surface area is 96.5 Å². The molecule has 0 amide bonds. The third-order valence-electron chi connectivity index (χ3n) is 2.37. The molecular weight excluding hydrogens is 210 g/mol. The molecular formula is C11H18ClN3. The largest absolute Gasteiger partial charge is 0.357 e. The Hall–Kier alpha value is -0.800. The number of nitrogens with one attached hydrogen (secondary N) is 1. The van der Waals surface area contributed by atoms with Crippen molar-refractivity contribution >= 4 is 17.4 Å². The van der Waals surface area contributed by atoms with Gasteiger partial charge in [-0.1, -0.05) is 11.6 Å². The molecule has 4 heteroatoms. The van der Waals surface area contributed by atoms with Gasteiger partial charge in [0.25, 0.3) is 0 Å². The highest BCUT2D eigenvalue weighted by Gasteiger charge is 2.06. The molecule has 0 atom stereocenters. The smallest absolute Gasteiger partial charge is 0.128 e. The molecule has 84 valence electrons. The summed E-state index contributed by atoms with van der Waals surface area (Å²) >= 11 is 6.05. The standard InChI is InChI=1S/C11H18ClN3/c1-4-15(5-2)11-6-9(7-13-3)10(12)8-14-11/h6,8,13H,4-5,7H2,1-3H3. The van der Waals surface area contributed by atoms with Gasteiger partial charge >= 0.3 is 0 Å². The van der Waals surface area contributed by atoms with E-state index < -0.39 is 0 Å². The molecule has 15 heavy (non-hydrogen) atoms.